The smallest absolute Gasteiger partial charge is 0.335 e. The van der Waals surface area contributed by atoms with Gasteiger partial charge in [0.1, 0.15) is 11.5 Å². The Morgan fingerprint density at radius 2 is 1.91 bits per heavy atom. The molecule has 114 valence electrons. The molecule has 2 aromatic carbocycles. The van der Waals surface area contributed by atoms with Gasteiger partial charge in [-0.05, 0) is 36.8 Å². The van der Waals surface area contributed by atoms with Crippen molar-refractivity contribution in [3.63, 3.8) is 0 Å². The Morgan fingerprint density at radius 3 is 2.59 bits per heavy atom. The van der Waals surface area contributed by atoms with E-state index in [4.69, 9.17) is 9.84 Å². The molecule has 0 heterocycles. The lowest BCUT2D eigenvalue weighted by molar-refractivity contribution is -0.118. The maximum absolute atomic E-state index is 11.8. The lowest BCUT2D eigenvalue weighted by Crippen LogP contribution is -2.20. The largest absolute Gasteiger partial charge is 0.506 e. The highest BCUT2D eigenvalue weighted by Gasteiger charge is 2.11. The highest BCUT2D eigenvalue weighted by Crippen LogP contribution is 2.24. The third-order valence-corrected chi connectivity index (χ3v) is 2.97. The average molecular weight is 301 g/mol. The molecule has 0 spiro atoms. The number of phenols is 1. The van der Waals surface area contributed by atoms with Gasteiger partial charge in [0, 0.05) is 0 Å². The molecule has 6 nitrogen and oxygen atoms in total. The van der Waals surface area contributed by atoms with E-state index in [1.54, 1.807) is 12.1 Å². The minimum atomic E-state index is -1.15. The third-order valence-electron chi connectivity index (χ3n) is 2.97. The molecular weight excluding hydrogens is 286 g/mol. The predicted molar refractivity (Wildman–Crippen MR) is 80.4 cm³/mol. The molecule has 6 heteroatoms. The van der Waals surface area contributed by atoms with E-state index < -0.39 is 11.9 Å². The highest BCUT2D eigenvalue weighted by atomic mass is 16.5. The standard InChI is InChI=1S/C16H15NO5/c1-10-4-2-3-5-14(10)22-9-15(19)17-12-8-11(16(20)21)6-7-13(12)18/h2-8,18H,9H2,1H3,(H,17,19)(H,20,21). The second-order valence-electron chi connectivity index (χ2n) is 4.64. The number of phenolic OH excluding ortho intramolecular Hbond substituents is 1. The molecule has 0 atom stereocenters. The van der Waals surface area contributed by atoms with Crippen molar-refractivity contribution in [1.29, 1.82) is 0 Å². The molecule has 0 aliphatic rings. The Kier molecular flexibility index (Phi) is 4.63. The van der Waals surface area contributed by atoms with Crippen LogP contribution in [0.4, 0.5) is 5.69 Å². The molecule has 2 rings (SSSR count). The molecule has 0 aliphatic carbocycles. The van der Waals surface area contributed by atoms with Crippen molar-refractivity contribution in [1.82, 2.24) is 0 Å². The fraction of sp³-hybridized carbons (Fsp3) is 0.125. The normalized spacial score (nSPS) is 10.0. The predicted octanol–water partition coefficient (Wildman–Crippen LogP) is 2.42. The van der Waals surface area contributed by atoms with Crippen LogP contribution in [0.2, 0.25) is 0 Å². The molecule has 0 aromatic heterocycles. The number of amides is 1. The molecule has 0 aliphatic heterocycles. The van der Waals surface area contributed by atoms with Gasteiger partial charge in [-0.15, -0.1) is 0 Å². The number of para-hydroxylation sites is 1. The van der Waals surface area contributed by atoms with E-state index in [1.807, 2.05) is 19.1 Å². The molecular formula is C16H15NO5. The van der Waals surface area contributed by atoms with Gasteiger partial charge < -0.3 is 20.3 Å². The van der Waals surface area contributed by atoms with Crippen LogP contribution in [-0.2, 0) is 4.79 Å². The Labute approximate surface area is 127 Å². The maximum atomic E-state index is 11.8. The minimum Gasteiger partial charge on any atom is -0.506 e. The number of aryl methyl sites for hydroxylation is 1. The van der Waals surface area contributed by atoms with Crippen LogP contribution >= 0.6 is 0 Å². The number of carbonyl (C=O) groups excluding carboxylic acids is 1. The topological polar surface area (TPSA) is 95.9 Å². The van der Waals surface area contributed by atoms with E-state index in [9.17, 15) is 14.7 Å². The first-order valence-corrected chi connectivity index (χ1v) is 6.52. The summed E-state index contributed by atoms with van der Waals surface area (Å²) in [6.45, 7) is 1.61. The lowest BCUT2D eigenvalue weighted by Gasteiger charge is -2.10. The van der Waals surface area contributed by atoms with Gasteiger partial charge in [-0.25, -0.2) is 4.79 Å². The first-order valence-electron chi connectivity index (χ1n) is 6.52. The molecule has 0 unspecified atom stereocenters. The van der Waals surface area contributed by atoms with Crippen molar-refractivity contribution in [3.05, 3.63) is 53.6 Å². The monoisotopic (exact) mass is 301 g/mol. The van der Waals surface area contributed by atoms with Crippen LogP contribution in [0.25, 0.3) is 0 Å². The summed E-state index contributed by atoms with van der Waals surface area (Å²) in [5.41, 5.74) is 0.886. The van der Waals surface area contributed by atoms with Crippen molar-refractivity contribution in [2.24, 2.45) is 0 Å². The van der Waals surface area contributed by atoms with Gasteiger partial charge in [-0.3, -0.25) is 4.79 Å². The zero-order valence-electron chi connectivity index (χ0n) is 11.9. The Bertz CT molecular complexity index is 711. The number of hydrogen-bond acceptors (Lipinski definition) is 4. The van der Waals surface area contributed by atoms with E-state index in [0.29, 0.717) is 5.75 Å². The zero-order chi connectivity index (χ0) is 16.1. The third kappa shape index (κ3) is 3.76. The van der Waals surface area contributed by atoms with Gasteiger partial charge in [0.25, 0.3) is 5.91 Å². The number of aromatic carboxylic acids is 1. The number of benzene rings is 2. The molecule has 0 saturated carbocycles. The number of carboxylic acids is 1. The number of anilines is 1. The molecule has 0 bridgehead atoms. The van der Waals surface area contributed by atoms with Crippen LogP contribution in [-0.4, -0.2) is 28.7 Å². The number of carboxylic acid groups (broad SMARTS) is 1. The fourth-order valence-electron chi connectivity index (χ4n) is 1.82. The van der Waals surface area contributed by atoms with Crippen LogP contribution in [0.15, 0.2) is 42.5 Å². The first-order chi connectivity index (χ1) is 10.5. The van der Waals surface area contributed by atoms with E-state index in [2.05, 4.69) is 5.32 Å². The molecule has 1 amide bonds. The highest BCUT2D eigenvalue weighted by molar-refractivity contribution is 5.96. The molecule has 0 saturated heterocycles. The van der Waals surface area contributed by atoms with Crippen LogP contribution in [0.5, 0.6) is 11.5 Å². The van der Waals surface area contributed by atoms with Gasteiger partial charge in [0.05, 0.1) is 11.3 Å². The number of ether oxygens (including phenoxy) is 1. The number of aromatic hydroxyl groups is 1. The summed E-state index contributed by atoms with van der Waals surface area (Å²) in [4.78, 5) is 22.7. The molecule has 0 radical (unpaired) electrons. The average Bonchev–Trinajstić information content (AvgIpc) is 2.48. The van der Waals surface area contributed by atoms with E-state index in [1.165, 1.54) is 18.2 Å². The summed E-state index contributed by atoms with van der Waals surface area (Å²) < 4.78 is 5.38. The van der Waals surface area contributed by atoms with Crippen LogP contribution in [0.1, 0.15) is 15.9 Å². The van der Waals surface area contributed by atoms with Gasteiger partial charge in [0.15, 0.2) is 6.61 Å². The number of carbonyl (C=O) groups is 2. The van der Waals surface area contributed by atoms with E-state index in [-0.39, 0.29) is 23.6 Å². The number of hydrogen-bond donors (Lipinski definition) is 3. The SMILES string of the molecule is Cc1ccccc1OCC(=O)Nc1cc(C(=O)O)ccc1O. The Morgan fingerprint density at radius 1 is 1.18 bits per heavy atom. The van der Waals surface area contributed by atoms with Crippen molar-refractivity contribution in [2.45, 2.75) is 6.92 Å². The summed E-state index contributed by atoms with van der Waals surface area (Å²) in [7, 11) is 0. The summed E-state index contributed by atoms with van der Waals surface area (Å²) in [6, 6.07) is 10.9. The summed E-state index contributed by atoms with van der Waals surface area (Å²) in [5, 5.41) is 21.0. The molecule has 2 aromatic rings. The number of rotatable bonds is 5. The molecule has 0 fully saturated rings. The van der Waals surface area contributed by atoms with Gasteiger partial charge in [-0.2, -0.15) is 0 Å². The molecule has 22 heavy (non-hydrogen) atoms. The number of nitrogens with one attached hydrogen (secondary N) is 1. The van der Waals surface area contributed by atoms with Crippen molar-refractivity contribution in [3.8, 4) is 11.5 Å². The Balaban J connectivity index is 2.02. The summed E-state index contributed by atoms with van der Waals surface area (Å²) in [6.07, 6.45) is 0. The van der Waals surface area contributed by atoms with Crippen LogP contribution in [0.3, 0.4) is 0 Å². The molecule has 3 N–H and O–H groups in total. The summed E-state index contributed by atoms with van der Waals surface area (Å²) >= 11 is 0. The second-order valence-corrected chi connectivity index (χ2v) is 4.64. The minimum absolute atomic E-state index is 0.0262. The van der Waals surface area contributed by atoms with Gasteiger partial charge in [0.2, 0.25) is 0 Å². The summed E-state index contributed by atoms with van der Waals surface area (Å²) in [5.74, 6) is -1.27. The second kappa shape index (κ2) is 6.62. The maximum Gasteiger partial charge on any atom is 0.335 e. The quantitative estimate of drug-likeness (QED) is 0.737. The van der Waals surface area contributed by atoms with Crippen molar-refractivity contribution >= 4 is 17.6 Å². The fourth-order valence-corrected chi connectivity index (χ4v) is 1.82. The van der Waals surface area contributed by atoms with Crippen molar-refractivity contribution < 1.29 is 24.5 Å². The zero-order valence-corrected chi connectivity index (χ0v) is 11.9. The van der Waals surface area contributed by atoms with Crippen LogP contribution < -0.4 is 10.1 Å². The Hall–Kier alpha value is -3.02. The van der Waals surface area contributed by atoms with E-state index >= 15 is 0 Å². The van der Waals surface area contributed by atoms with E-state index in [0.717, 1.165) is 5.56 Å². The van der Waals surface area contributed by atoms with Crippen LogP contribution in [0, 0.1) is 6.92 Å². The van der Waals surface area contributed by atoms with Gasteiger partial charge in [-0.1, -0.05) is 18.2 Å². The first kappa shape index (κ1) is 15.4. The lowest BCUT2D eigenvalue weighted by atomic mass is 10.2. The van der Waals surface area contributed by atoms with Crippen molar-refractivity contribution in [2.75, 3.05) is 11.9 Å². The van der Waals surface area contributed by atoms with Gasteiger partial charge >= 0.3 is 5.97 Å².